The van der Waals surface area contributed by atoms with Gasteiger partial charge in [-0.1, -0.05) is 48.5 Å². The van der Waals surface area contributed by atoms with Crippen LogP contribution >= 0.6 is 0 Å². The number of carbonyl (C=O) groups is 2. The molecule has 0 unspecified atom stereocenters. The van der Waals surface area contributed by atoms with Crippen molar-refractivity contribution < 1.29 is 14.3 Å². The van der Waals surface area contributed by atoms with E-state index < -0.39 is 5.54 Å². The highest BCUT2D eigenvalue weighted by Gasteiger charge is 2.40. The van der Waals surface area contributed by atoms with Crippen molar-refractivity contribution in [2.45, 2.75) is 57.2 Å². The Morgan fingerprint density at radius 3 is 2.47 bits per heavy atom. The predicted octanol–water partition coefficient (Wildman–Crippen LogP) is 3.05. The molecule has 2 aromatic carbocycles. The predicted molar refractivity (Wildman–Crippen MR) is 135 cm³/mol. The molecule has 1 fully saturated rings. The zero-order valence-electron chi connectivity index (χ0n) is 20.5. The smallest absolute Gasteiger partial charge is 0.239 e. The number of nitrogens with two attached hydrogens (primary N) is 1. The highest BCUT2D eigenvalue weighted by Crippen LogP contribution is 2.43. The van der Waals surface area contributed by atoms with E-state index >= 15 is 0 Å². The molecule has 2 aromatic rings. The summed E-state index contributed by atoms with van der Waals surface area (Å²) in [7, 11) is 0. The van der Waals surface area contributed by atoms with E-state index in [1.54, 1.807) is 13.8 Å². The van der Waals surface area contributed by atoms with E-state index in [9.17, 15) is 9.59 Å². The Labute approximate surface area is 203 Å². The number of nitrogens with zero attached hydrogens (tertiary/aromatic N) is 1. The summed E-state index contributed by atoms with van der Waals surface area (Å²) in [5.41, 5.74) is 8.96. The maximum atomic E-state index is 11.6. The van der Waals surface area contributed by atoms with Crippen LogP contribution in [-0.4, -0.2) is 55.0 Å². The lowest BCUT2D eigenvalue weighted by Gasteiger charge is -2.37. The van der Waals surface area contributed by atoms with E-state index in [0.29, 0.717) is 13.2 Å². The molecular formula is C27H38N4O3. The molecule has 2 heterocycles. The summed E-state index contributed by atoms with van der Waals surface area (Å²) in [6, 6.07) is 18.4. The number of benzene rings is 2. The molecule has 0 aliphatic carbocycles. The van der Waals surface area contributed by atoms with Gasteiger partial charge in [0.2, 0.25) is 12.3 Å². The zero-order chi connectivity index (χ0) is 24.6. The minimum absolute atomic E-state index is 0.0518. The average Bonchev–Trinajstić information content (AvgIpc) is 3.18. The number of para-hydroxylation sites is 1. The molecule has 0 bridgehead atoms. The van der Waals surface area contributed by atoms with Crippen molar-refractivity contribution in [2.24, 2.45) is 5.73 Å². The first-order valence-electron chi connectivity index (χ1n) is 12.0. The van der Waals surface area contributed by atoms with Crippen molar-refractivity contribution >= 4 is 18.0 Å². The number of rotatable bonds is 7. The fourth-order valence-electron chi connectivity index (χ4n) is 4.34. The molecule has 0 saturated carbocycles. The molecule has 7 heteroatoms. The zero-order valence-corrected chi connectivity index (χ0v) is 20.5. The summed E-state index contributed by atoms with van der Waals surface area (Å²) in [6.45, 7) is 9.08. The molecular weight excluding hydrogens is 428 g/mol. The van der Waals surface area contributed by atoms with Crippen LogP contribution in [0.25, 0.3) is 0 Å². The van der Waals surface area contributed by atoms with E-state index in [-0.39, 0.29) is 17.4 Å². The Balaban J connectivity index is 0.000000191. The number of hydrogen-bond acceptors (Lipinski definition) is 5. The fraction of sp³-hybridized carbons (Fsp3) is 0.481. The SMILES string of the molecule is C[C@@H](COCc1ccccc1)NC(=O)C(C)(C)N.O=CN1CCC2(CC1)CNc1ccccc12. The third kappa shape index (κ3) is 6.81. The number of anilines is 1. The Morgan fingerprint density at radius 2 is 1.82 bits per heavy atom. The van der Waals surface area contributed by atoms with Crippen molar-refractivity contribution in [1.82, 2.24) is 10.2 Å². The molecule has 4 rings (SSSR count). The number of likely N-dealkylation sites (tertiary alicyclic amines) is 1. The van der Waals surface area contributed by atoms with Gasteiger partial charge >= 0.3 is 0 Å². The number of hydrogen-bond donors (Lipinski definition) is 3. The van der Waals surface area contributed by atoms with Crippen LogP contribution in [0.2, 0.25) is 0 Å². The van der Waals surface area contributed by atoms with E-state index in [0.717, 1.165) is 44.4 Å². The van der Waals surface area contributed by atoms with Crippen LogP contribution < -0.4 is 16.4 Å². The van der Waals surface area contributed by atoms with Crippen molar-refractivity contribution in [1.29, 1.82) is 0 Å². The number of fused-ring (bicyclic) bond motifs is 2. The highest BCUT2D eigenvalue weighted by molar-refractivity contribution is 5.85. The van der Waals surface area contributed by atoms with E-state index in [4.69, 9.17) is 10.5 Å². The maximum Gasteiger partial charge on any atom is 0.239 e. The van der Waals surface area contributed by atoms with Crippen molar-refractivity contribution in [3.8, 4) is 0 Å². The molecule has 2 aliphatic rings. The molecule has 7 nitrogen and oxygen atoms in total. The lowest BCUT2D eigenvalue weighted by Crippen LogP contribution is -2.52. The van der Waals surface area contributed by atoms with Gasteiger partial charge < -0.3 is 26.0 Å². The molecule has 1 atom stereocenters. The molecule has 1 spiro atoms. The first-order valence-corrected chi connectivity index (χ1v) is 12.0. The summed E-state index contributed by atoms with van der Waals surface area (Å²) in [5.74, 6) is -0.168. The summed E-state index contributed by atoms with van der Waals surface area (Å²) in [5, 5.41) is 6.30. The molecule has 2 aliphatic heterocycles. The van der Waals surface area contributed by atoms with Gasteiger partial charge in [-0.2, -0.15) is 0 Å². The van der Waals surface area contributed by atoms with E-state index in [2.05, 4.69) is 34.9 Å². The van der Waals surface area contributed by atoms with Crippen LogP contribution in [-0.2, 0) is 26.3 Å². The van der Waals surface area contributed by atoms with Gasteiger partial charge in [0.15, 0.2) is 0 Å². The lowest BCUT2D eigenvalue weighted by molar-refractivity contribution is -0.126. The number of ether oxygens (including phenoxy) is 1. The number of nitrogens with one attached hydrogen (secondary N) is 2. The van der Waals surface area contributed by atoms with Crippen molar-refractivity contribution in [3.05, 3.63) is 65.7 Å². The molecule has 0 radical (unpaired) electrons. The minimum atomic E-state index is -0.853. The van der Waals surface area contributed by atoms with Gasteiger partial charge in [-0.3, -0.25) is 9.59 Å². The average molecular weight is 467 g/mol. The normalized spacial score (nSPS) is 17.1. The second-order valence-corrected chi connectivity index (χ2v) is 9.92. The molecule has 4 N–H and O–H groups in total. The molecule has 1 saturated heterocycles. The number of piperidine rings is 1. The first kappa shape index (κ1) is 25.7. The Kier molecular flexibility index (Phi) is 8.69. The second-order valence-electron chi connectivity index (χ2n) is 9.92. The van der Waals surface area contributed by atoms with Crippen LogP contribution in [0.3, 0.4) is 0 Å². The standard InChI is InChI=1S/C14H22N2O2.C13H16N2O/c1-11(16-13(17)14(2,3)15)9-18-10-12-7-5-4-6-8-12;16-10-15-7-5-13(6-8-15)9-14-12-4-2-1-3-11(12)13/h4-8,11H,9-10,15H2,1-3H3,(H,16,17);1-4,10,14H,5-9H2/t11-;/m0./s1. The van der Waals surface area contributed by atoms with Crippen LogP contribution in [0.15, 0.2) is 54.6 Å². The van der Waals surface area contributed by atoms with Crippen LogP contribution in [0, 0.1) is 0 Å². The third-order valence-electron chi connectivity index (χ3n) is 6.46. The van der Waals surface area contributed by atoms with Crippen LogP contribution in [0.4, 0.5) is 5.69 Å². The van der Waals surface area contributed by atoms with E-state index in [1.165, 1.54) is 11.3 Å². The second kappa shape index (κ2) is 11.5. The topological polar surface area (TPSA) is 96.7 Å². The summed E-state index contributed by atoms with van der Waals surface area (Å²) in [6.07, 6.45) is 3.13. The third-order valence-corrected chi connectivity index (χ3v) is 6.46. The summed E-state index contributed by atoms with van der Waals surface area (Å²) < 4.78 is 5.54. The van der Waals surface area contributed by atoms with Crippen LogP contribution in [0.1, 0.15) is 44.7 Å². The van der Waals surface area contributed by atoms with Gasteiger partial charge in [0.25, 0.3) is 0 Å². The maximum absolute atomic E-state index is 11.6. The Hall–Kier alpha value is -2.90. The largest absolute Gasteiger partial charge is 0.384 e. The Bertz CT molecular complexity index is 934. The first-order chi connectivity index (χ1) is 16.2. The van der Waals surface area contributed by atoms with Gasteiger partial charge in [0, 0.05) is 36.8 Å². The number of carbonyl (C=O) groups excluding carboxylic acids is 2. The van der Waals surface area contributed by atoms with Crippen molar-refractivity contribution in [2.75, 3.05) is 31.6 Å². The number of amides is 2. The van der Waals surface area contributed by atoms with Crippen LogP contribution in [0.5, 0.6) is 0 Å². The van der Waals surface area contributed by atoms with Gasteiger partial charge in [0.1, 0.15) is 0 Å². The highest BCUT2D eigenvalue weighted by atomic mass is 16.5. The van der Waals surface area contributed by atoms with Gasteiger partial charge in [-0.25, -0.2) is 0 Å². The fourth-order valence-corrected chi connectivity index (χ4v) is 4.34. The molecule has 34 heavy (non-hydrogen) atoms. The molecule has 2 amide bonds. The molecule has 184 valence electrons. The Morgan fingerprint density at radius 1 is 1.18 bits per heavy atom. The summed E-state index contributed by atoms with van der Waals surface area (Å²) >= 11 is 0. The van der Waals surface area contributed by atoms with Gasteiger partial charge in [-0.15, -0.1) is 0 Å². The summed E-state index contributed by atoms with van der Waals surface area (Å²) in [4.78, 5) is 24.2. The quantitative estimate of drug-likeness (QED) is 0.545. The monoisotopic (exact) mass is 466 g/mol. The van der Waals surface area contributed by atoms with Gasteiger partial charge in [0.05, 0.1) is 18.8 Å². The van der Waals surface area contributed by atoms with Gasteiger partial charge in [-0.05, 0) is 50.8 Å². The lowest BCUT2D eigenvalue weighted by atomic mass is 9.74. The van der Waals surface area contributed by atoms with E-state index in [1.807, 2.05) is 42.2 Å². The van der Waals surface area contributed by atoms with Crippen molar-refractivity contribution in [3.63, 3.8) is 0 Å². The molecule has 0 aromatic heterocycles. The minimum Gasteiger partial charge on any atom is -0.384 e.